The third-order valence-corrected chi connectivity index (χ3v) is 4.36. The molecule has 2 aromatic rings. The molecule has 0 aromatic heterocycles. The molecule has 2 amide bonds. The fraction of sp³-hybridized carbons (Fsp3) is 0.263. The van der Waals surface area contributed by atoms with Crippen LogP contribution in [0.2, 0.25) is 0 Å². The first-order chi connectivity index (χ1) is 12.3. The third-order valence-electron chi connectivity index (χ3n) is 4.36. The van der Waals surface area contributed by atoms with Crippen molar-refractivity contribution in [1.82, 2.24) is 10.2 Å². The molecule has 7 heteroatoms. The number of halogens is 2. The zero-order valence-electron chi connectivity index (χ0n) is 14.1. The fourth-order valence-electron chi connectivity index (χ4n) is 3.08. The van der Waals surface area contributed by atoms with Crippen LogP contribution in [-0.2, 0) is 4.79 Å². The van der Waals surface area contributed by atoms with Crippen LogP contribution in [0, 0.1) is 11.6 Å². The van der Waals surface area contributed by atoms with Gasteiger partial charge >= 0.3 is 0 Å². The number of benzene rings is 2. The van der Waals surface area contributed by atoms with Crippen molar-refractivity contribution in [1.29, 1.82) is 0 Å². The molecule has 1 unspecified atom stereocenters. The number of phenols is 1. The Morgan fingerprint density at radius 1 is 1.15 bits per heavy atom. The summed E-state index contributed by atoms with van der Waals surface area (Å²) in [6, 6.07) is 8.50. The highest BCUT2D eigenvalue weighted by molar-refractivity contribution is 5.95. The molecular weight excluding hydrogens is 342 g/mol. The van der Waals surface area contributed by atoms with Crippen molar-refractivity contribution in [3.05, 3.63) is 53.6 Å². The van der Waals surface area contributed by atoms with Crippen LogP contribution >= 0.6 is 0 Å². The van der Waals surface area contributed by atoms with E-state index in [1.54, 1.807) is 29.2 Å². The minimum atomic E-state index is -1.29. The minimum absolute atomic E-state index is 0.0408. The maximum atomic E-state index is 13.4. The molecule has 0 bridgehead atoms. The van der Waals surface area contributed by atoms with Gasteiger partial charge in [0, 0.05) is 31.6 Å². The number of carbonyl (C=O) groups excluding carboxylic acids is 2. The van der Waals surface area contributed by atoms with Crippen molar-refractivity contribution in [3.8, 4) is 16.9 Å². The van der Waals surface area contributed by atoms with Crippen LogP contribution in [0.3, 0.4) is 0 Å². The van der Waals surface area contributed by atoms with Crippen LogP contribution < -0.4 is 5.32 Å². The van der Waals surface area contributed by atoms with Gasteiger partial charge in [0.1, 0.15) is 0 Å². The highest BCUT2D eigenvalue weighted by Gasteiger charge is 2.27. The van der Waals surface area contributed by atoms with Crippen LogP contribution in [0.25, 0.3) is 11.1 Å². The van der Waals surface area contributed by atoms with E-state index in [9.17, 15) is 23.5 Å². The van der Waals surface area contributed by atoms with Gasteiger partial charge in [-0.3, -0.25) is 9.59 Å². The van der Waals surface area contributed by atoms with Crippen LogP contribution in [0.15, 0.2) is 36.4 Å². The molecule has 0 radical (unpaired) electrons. The topological polar surface area (TPSA) is 69.6 Å². The molecule has 0 saturated carbocycles. The summed E-state index contributed by atoms with van der Waals surface area (Å²) in [5.41, 5.74) is 1.32. The Labute approximate surface area is 149 Å². The standard InChI is InChI=1S/C19H18F2N2O3/c1-11(24)22-15-6-7-23(10-15)19(26)13-4-2-12(3-5-13)14-8-16(20)18(21)17(25)9-14/h2-5,8-9,15,25H,6-7,10H2,1H3,(H,22,24). The molecule has 2 N–H and O–H groups in total. The number of nitrogens with zero attached hydrogens (tertiary/aromatic N) is 1. The maximum Gasteiger partial charge on any atom is 0.253 e. The number of likely N-dealkylation sites (tertiary alicyclic amines) is 1. The van der Waals surface area contributed by atoms with Gasteiger partial charge in [0.15, 0.2) is 17.4 Å². The number of phenolic OH excluding ortho intramolecular Hbond substituents is 1. The van der Waals surface area contributed by atoms with Crippen molar-refractivity contribution in [3.63, 3.8) is 0 Å². The van der Waals surface area contributed by atoms with Gasteiger partial charge < -0.3 is 15.3 Å². The van der Waals surface area contributed by atoms with E-state index >= 15 is 0 Å². The van der Waals surface area contributed by atoms with Gasteiger partial charge in [-0.2, -0.15) is 4.39 Å². The number of rotatable bonds is 3. The number of amides is 2. The summed E-state index contributed by atoms with van der Waals surface area (Å²) in [6.45, 7) is 2.46. The molecule has 26 heavy (non-hydrogen) atoms. The Balaban J connectivity index is 1.74. The predicted octanol–water partition coefficient (Wildman–Crippen LogP) is 2.69. The van der Waals surface area contributed by atoms with Crippen molar-refractivity contribution in [2.24, 2.45) is 0 Å². The van der Waals surface area contributed by atoms with Crippen molar-refractivity contribution >= 4 is 11.8 Å². The molecule has 3 rings (SSSR count). The van der Waals surface area contributed by atoms with Crippen LogP contribution in [0.4, 0.5) is 8.78 Å². The molecule has 1 heterocycles. The first-order valence-corrected chi connectivity index (χ1v) is 8.20. The smallest absolute Gasteiger partial charge is 0.253 e. The lowest BCUT2D eigenvalue weighted by Crippen LogP contribution is -2.37. The largest absolute Gasteiger partial charge is 0.505 e. The van der Waals surface area contributed by atoms with E-state index in [2.05, 4.69) is 5.32 Å². The molecule has 1 atom stereocenters. The second-order valence-corrected chi connectivity index (χ2v) is 6.31. The molecule has 0 spiro atoms. The number of nitrogens with one attached hydrogen (secondary N) is 1. The zero-order valence-corrected chi connectivity index (χ0v) is 14.1. The highest BCUT2D eigenvalue weighted by atomic mass is 19.2. The van der Waals surface area contributed by atoms with Gasteiger partial charge in [0.25, 0.3) is 5.91 Å². The van der Waals surface area contributed by atoms with Gasteiger partial charge in [0.05, 0.1) is 0 Å². The molecule has 5 nitrogen and oxygen atoms in total. The fourth-order valence-corrected chi connectivity index (χ4v) is 3.08. The summed E-state index contributed by atoms with van der Waals surface area (Å²) in [6.07, 6.45) is 0.706. The second kappa shape index (κ2) is 7.11. The molecule has 1 fully saturated rings. The predicted molar refractivity (Wildman–Crippen MR) is 91.6 cm³/mol. The van der Waals surface area contributed by atoms with Gasteiger partial charge in [-0.1, -0.05) is 12.1 Å². The molecular formula is C19H18F2N2O3. The van der Waals surface area contributed by atoms with Crippen LogP contribution in [0.1, 0.15) is 23.7 Å². The molecule has 1 aliphatic rings. The van der Waals surface area contributed by atoms with Crippen molar-refractivity contribution < 1.29 is 23.5 Å². The maximum absolute atomic E-state index is 13.4. The van der Waals surface area contributed by atoms with Crippen LogP contribution in [0.5, 0.6) is 5.75 Å². The summed E-state index contributed by atoms with van der Waals surface area (Å²) in [7, 11) is 0. The summed E-state index contributed by atoms with van der Waals surface area (Å²) in [5.74, 6) is -3.47. The number of hydrogen-bond donors (Lipinski definition) is 2. The van der Waals surface area contributed by atoms with E-state index in [4.69, 9.17) is 0 Å². The average molecular weight is 360 g/mol. The van der Waals surface area contributed by atoms with Crippen molar-refractivity contribution in [2.75, 3.05) is 13.1 Å². The summed E-state index contributed by atoms with van der Waals surface area (Å²) in [5, 5.41) is 12.2. The Kier molecular flexibility index (Phi) is 4.88. The zero-order chi connectivity index (χ0) is 18.8. The average Bonchev–Trinajstić information content (AvgIpc) is 3.06. The van der Waals surface area contributed by atoms with Gasteiger partial charge in [0.2, 0.25) is 5.91 Å². The first kappa shape index (κ1) is 17.8. The highest BCUT2D eigenvalue weighted by Crippen LogP contribution is 2.28. The Morgan fingerprint density at radius 3 is 2.46 bits per heavy atom. The third kappa shape index (κ3) is 3.66. The lowest BCUT2D eigenvalue weighted by Gasteiger charge is -2.17. The van der Waals surface area contributed by atoms with E-state index in [-0.39, 0.29) is 17.9 Å². The monoisotopic (exact) mass is 360 g/mol. The molecule has 136 valence electrons. The lowest BCUT2D eigenvalue weighted by atomic mass is 10.0. The van der Waals surface area contributed by atoms with Gasteiger partial charge in [-0.05, 0) is 41.8 Å². The number of carbonyl (C=O) groups is 2. The number of hydrogen-bond acceptors (Lipinski definition) is 3. The molecule has 1 saturated heterocycles. The van der Waals surface area contributed by atoms with Gasteiger partial charge in [-0.25, -0.2) is 4.39 Å². The number of aromatic hydroxyl groups is 1. The summed E-state index contributed by atoms with van der Waals surface area (Å²) < 4.78 is 26.6. The van der Waals surface area contributed by atoms with E-state index in [1.807, 2.05) is 0 Å². The van der Waals surface area contributed by atoms with Crippen LogP contribution in [-0.4, -0.2) is 41.0 Å². The molecule has 0 aliphatic carbocycles. The Hall–Kier alpha value is -2.96. The summed E-state index contributed by atoms with van der Waals surface area (Å²) >= 11 is 0. The van der Waals surface area contributed by atoms with E-state index in [1.165, 1.54) is 6.92 Å². The van der Waals surface area contributed by atoms with Crippen molar-refractivity contribution in [2.45, 2.75) is 19.4 Å². The SMILES string of the molecule is CC(=O)NC1CCN(C(=O)c2ccc(-c3cc(O)c(F)c(F)c3)cc2)C1. The van der Waals surface area contributed by atoms with E-state index < -0.39 is 17.4 Å². The van der Waals surface area contributed by atoms with E-state index in [0.717, 1.165) is 12.1 Å². The first-order valence-electron chi connectivity index (χ1n) is 8.20. The normalized spacial score (nSPS) is 16.6. The van der Waals surface area contributed by atoms with Gasteiger partial charge in [-0.15, -0.1) is 0 Å². The second-order valence-electron chi connectivity index (χ2n) is 6.31. The minimum Gasteiger partial charge on any atom is -0.505 e. The Bertz CT molecular complexity index is 829. The molecule has 2 aromatic carbocycles. The lowest BCUT2D eigenvalue weighted by molar-refractivity contribution is -0.119. The van der Waals surface area contributed by atoms with E-state index in [0.29, 0.717) is 36.2 Å². The Morgan fingerprint density at radius 2 is 1.85 bits per heavy atom. The molecule has 1 aliphatic heterocycles. The summed E-state index contributed by atoms with van der Waals surface area (Å²) in [4.78, 5) is 25.3. The quantitative estimate of drug-likeness (QED) is 0.884.